The first kappa shape index (κ1) is 20.0. The molecule has 2 aromatic rings. The molecule has 0 aliphatic rings. The Kier molecular flexibility index (Phi) is 6.42. The van der Waals surface area contributed by atoms with Crippen molar-refractivity contribution in [2.75, 3.05) is 27.2 Å². The molecule has 0 unspecified atom stereocenters. The highest BCUT2D eigenvalue weighted by Gasteiger charge is 2.20. The minimum absolute atomic E-state index is 0.0105. The van der Waals surface area contributed by atoms with Crippen molar-refractivity contribution < 1.29 is 14.1 Å². The number of hydrogen-bond donors (Lipinski definition) is 1. The van der Waals surface area contributed by atoms with Crippen molar-refractivity contribution in [3.05, 3.63) is 46.8 Å². The number of benzene rings is 1. The molecule has 6 heteroatoms. The summed E-state index contributed by atoms with van der Waals surface area (Å²) in [6.07, 6.45) is 0. The zero-order valence-corrected chi connectivity index (χ0v) is 16.5. The Balaban J connectivity index is 1.89. The van der Waals surface area contributed by atoms with Crippen LogP contribution in [0.25, 0.3) is 0 Å². The number of rotatable bonds is 8. The summed E-state index contributed by atoms with van der Waals surface area (Å²) < 4.78 is 10.9. The molecule has 2 rings (SSSR count). The third-order valence-electron chi connectivity index (χ3n) is 4.15. The summed E-state index contributed by atoms with van der Waals surface area (Å²) in [4.78, 5) is 14.5. The minimum Gasteiger partial charge on any atom is -0.489 e. The van der Waals surface area contributed by atoms with Crippen molar-refractivity contribution in [1.82, 2.24) is 15.4 Å². The standard InChI is InChI=1S/C20H29N3O3/c1-14-18(15(2)26-22-14)11-25-17-9-7-16(8-10-17)19(24)21-12-20(3,4)13-23(5)6/h7-10H,11-13H2,1-6H3,(H,21,24). The molecule has 0 bridgehead atoms. The Morgan fingerprint density at radius 1 is 1.23 bits per heavy atom. The lowest BCUT2D eigenvalue weighted by molar-refractivity contribution is 0.0929. The Bertz CT molecular complexity index is 714. The van der Waals surface area contributed by atoms with E-state index >= 15 is 0 Å². The van der Waals surface area contributed by atoms with Gasteiger partial charge in [-0.1, -0.05) is 19.0 Å². The van der Waals surface area contributed by atoms with Crippen LogP contribution < -0.4 is 10.1 Å². The van der Waals surface area contributed by atoms with Gasteiger partial charge in [0.25, 0.3) is 5.91 Å². The van der Waals surface area contributed by atoms with E-state index in [1.165, 1.54) is 0 Å². The van der Waals surface area contributed by atoms with Crippen LogP contribution in [0.2, 0.25) is 0 Å². The van der Waals surface area contributed by atoms with E-state index < -0.39 is 0 Å². The van der Waals surface area contributed by atoms with Gasteiger partial charge in [0.1, 0.15) is 18.1 Å². The topological polar surface area (TPSA) is 67.6 Å². The van der Waals surface area contributed by atoms with Crippen LogP contribution in [-0.2, 0) is 6.61 Å². The zero-order chi connectivity index (χ0) is 19.3. The van der Waals surface area contributed by atoms with Gasteiger partial charge in [-0.2, -0.15) is 0 Å². The molecule has 1 heterocycles. The average Bonchev–Trinajstić information content (AvgIpc) is 2.88. The second-order valence-electron chi connectivity index (χ2n) is 7.70. The number of carbonyl (C=O) groups is 1. The molecular weight excluding hydrogens is 330 g/mol. The highest BCUT2D eigenvalue weighted by Crippen LogP contribution is 2.18. The van der Waals surface area contributed by atoms with E-state index in [1.807, 2.05) is 27.9 Å². The van der Waals surface area contributed by atoms with Crippen molar-refractivity contribution in [3.63, 3.8) is 0 Å². The summed E-state index contributed by atoms with van der Waals surface area (Å²) >= 11 is 0. The number of amides is 1. The highest BCUT2D eigenvalue weighted by atomic mass is 16.5. The van der Waals surface area contributed by atoms with Gasteiger partial charge < -0.3 is 19.5 Å². The summed E-state index contributed by atoms with van der Waals surface area (Å²) in [5.74, 6) is 1.39. The summed E-state index contributed by atoms with van der Waals surface area (Å²) in [7, 11) is 4.07. The number of aryl methyl sites for hydroxylation is 2. The summed E-state index contributed by atoms with van der Waals surface area (Å²) in [5.41, 5.74) is 2.42. The molecule has 0 aliphatic carbocycles. The molecule has 0 radical (unpaired) electrons. The third-order valence-corrected chi connectivity index (χ3v) is 4.15. The van der Waals surface area contributed by atoms with E-state index in [2.05, 4.69) is 29.2 Å². The monoisotopic (exact) mass is 359 g/mol. The number of aromatic nitrogens is 1. The Morgan fingerprint density at radius 2 is 1.88 bits per heavy atom. The second-order valence-corrected chi connectivity index (χ2v) is 7.70. The lowest BCUT2D eigenvalue weighted by Gasteiger charge is -2.28. The van der Waals surface area contributed by atoms with E-state index in [1.54, 1.807) is 24.3 Å². The highest BCUT2D eigenvalue weighted by molar-refractivity contribution is 5.94. The molecule has 0 spiro atoms. The maximum absolute atomic E-state index is 12.3. The molecule has 0 saturated heterocycles. The third kappa shape index (κ3) is 5.59. The fourth-order valence-corrected chi connectivity index (χ4v) is 2.90. The van der Waals surface area contributed by atoms with Gasteiger partial charge in [-0.15, -0.1) is 0 Å². The first-order valence-corrected chi connectivity index (χ1v) is 8.75. The molecule has 0 saturated carbocycles. The van der Waals surface area contributed by atoms with E-state index in [-0.39, 0.29) is 11.3 Å². The van der Waals surface area contributed by atoms with E-state index in [0.717, 1.165) is 23.6 Å². The molecule has 6 nitrogen and oxygen atoms in total. The first-order valence-electron chi connectivity index (χ1n) is 8.75. The summed E-state index contributed by atoms with van der Waals surface area (Å²) in [6.45, 7) is 9.95. The van der Waals surface area contributed by atoms with Crippen LogP contribution in [0.5, 0.6) is 5.75 Å². The van der Waals surface area contributed by atoms with Crippen LogP contribution >= 0.6 is 0 Å². The second kappa shape index (κ2) is 8.36. The molecule has 1 amide bonds. The predicted molar refractivity (Wildman–Crippen MR) is 101 cm³/mol. The van der Waals surface area contributed by atoms with Crippen molar-refractivity contribution in [2.45, 2.75) is 34.3 Å². The largest absolute Gasteiger partial charge is 0.489 e. The molecule has 142 valence electrons. The number of ether oxygens (including phenoxy) is 1. The number of carbonyl (C=O) groups excluding carboxylic acids is 1. The van der Waals surface area contributed by atoms with Crippen molar-refractivity contribution >= 4 is 5.91 Å². The van der Waals surface area contributed by atoms with Crippen LogP contribution in [0.1, 0.15) is 41.2 Å². The van der Waals surface area contributed by atoms with Gasteiger partial charge in [0, 0.05) is 18.7 Å². The predicted octanol–water partition coefficient (Wildman–Crippen LogP) is 3.19. The molecular formula is C20H29N3O3. The van der Waals surface area contributed by atoms with Gasteiger partial charge in [-0.05, 0) is 57.6 Å². The van der Waals surface area contributed by atoms with Gasteiger partial charge in [0.05, 0.1) is 11.3 Å². The first-order chi connectivity index (χ1) is 12.2. The fraction of sp³-hybridized carbons (Fsp3) is 0.500. The fourth-order valence-electron chi connectivity index (χ4n) is 2.90. The average molecular weight is 359 g/mol. The van der Waals surface area contributed by atoms with E-state index in [9.17, 15) is 4.79 Å². The van der Waals surface area contributed by atoms with Crippen LogP contribution in [0, 0.1) is 19.3 Å². The number of nitrogens with one attached hydrogen (secondary N) is 1. The quantitative estimate of drug-likeness (QED) is 0.784. The number of nitrogens with zero attached hydrogens (tertiary/aromatic N) is 2. The lowest BCUT2D eigenvalue weighted by atomic mass is 9.93. The molecule has 0 fully saturated rings. The van der Waals surface area contributed by atoms with Gasteiger partial charge in [-0.25, -0.2) is 0 Å². The molecule has 1 N–H and O–H groups in total. The van der Waals surface area contributed by atoms with E-state index in [0.29, 0.717) is 24.5 Å². The van der Waals surface area contributed by atoms with Gasteiger partial charge in [0.15, 0.2) is 0 Å². The molecule has 1 aromatic heterocycles. The maximum atomic E-state index is 12.3. The maximum Gasteiger partial charge on any atom is 0.251 e. The molecule has 26 heavy (non-hydrogen) atoms. The summed E-state index contributed by atoms with van der Waals surface area (Å²) in [6, 6.07) is 7.16. The normalized spacial score (nSPS) is 11.7. The van der Waals surface area contributed by atoms with Crippen molar-refractivity contribution in [3.8, 4) is 5.75 Å². The van der Waals surface area contributed by atoms with Gasteiger partial charge >= 0.3 is 0 Å². The van der Waals surface area contributed by atoms with E-state index in [4.69, 9.17) is 9.26 Å². The van der Waals surface area contributed by atoms with Crippen LogP contribution in [0.3, 0.4) is 0 Å². The zero-order valence-electron chi connectivity index (χ0n) is 16.5. The van der Waals surface area contributed by atoms with Crippen LogP contribution in [0.15, 0.2) is 28.8 Å². The smallest absolute Gasteiger partial charge is 0.251 e. The number of hydrogen-bond acceptors (Lipinski definition) is 5. The van der Waals surface area contributed by atoms with Gasteiger partial charge in [-0.3, -0.25) is 4.79 Å². The van der Waals surface area contributed by atoms with Crippen LogP contribution in [0.4, 0.5) is 0 Å². The Labute approximate surface area is 155 Å². The molecule has 0 aliphatic heterocycles. The minimum atomic E-state index is -0.0749. The summed E-state index contributed by atoms with van der Waals surface area (Å²) in [5, 5.41) is 6.92. The SMILES string of the molecule is Cc1noc(C)c1COc1ccc(C(=O)NCC(C)(C)CN(C)C)cc1. The van der Waals surface area contributed by atoms with Crippen molar-refractivity contribution in [2.24, 2.45) is 5.41 Å². The Morgan fingerprint density at radius 3 is 2.42 bits per heavy atom. The molecule has 1 aromatic carbocycles. The van der Waals surface area contributed by atoms with Crippen molar-refractivity contribution in [1.29, 1.82) is 0 Å². The lowest BCUT2D eigenvalue weighted by Crippen LogP contribution is -2.39. The van der Waals surface area contributed by atoms with Gasteiger partial charge in [0.2, 0.25) is 0 Å². The molecule has 0 atom stereocenters. The Hall–Kier alpha value is -2.34. The van der Waals surface area contributed by atoms with Crippen LogP contribution in [-0.4, -0.2) is 43.1 Å².